The van der Waals surface area contributed by atoms with Gasteiger partial charge in [0.05, 0.1) is 24.2 Å². The SMILES string of the molecule is C[C@H](NS(=O)(=O)c1cccc(C(=O)Nc2ccc3c(c2)OCCCO3)c1)c1cccs1. The van der Waals surface area contributed by atoms with E-state index in [0.717, 1.165) is 11.3 Å². The summed E-state index contributed by atoms with van der Waals surface area (Å²) in [5.74, 6) is 0.783. The lowest BCUT2D eigenvalue weighted by atomic mass is 10.2. The van der Waals surface area contributed by atoms with Gasteiger partial charge in [-0.3, -0.25) is 4.79 Å². The average molecular weight is 459 g/mol. The lowest BCUT2D eigenvalue weighted by Gasteiger charge is -2.14. The van der Waals surface area contributed by atoms with Crippen LogP contribution in [0.1, 0.15) is 34.6 Å². The summed E-state index contributed by atoms with van der Waals surface area (Å²) in [6.07, 6.45) is 0.788. The number of carbonyl (C=O) groups is 1. The molecular formula is C22H22N2O5S2. The minimum Gasteiger partial charge on any atom is -0.490 e. The number of ether oxygens (including phenoxy) is 2. The number of fused-ring (bicyclic) bond motifs is 1. The second-order valence-corrected chi connectivity index (χ2v) is 9.75. The molecule has 4 rings (SSSR count). The van der Waals surface area contributed by atoms with E-state index < -0.39 is 15.9 Å². The van der Waals surface area contributed by atoms with Crippen LogP contribution in [0.3, 0.4) is 0 Å². The molecule has 0 aliphatic carbocycles. The van der Waals surface area contributed by atoms with E-state index in [2.05, 4.69) is 10.0 Å². The van der Waals surface area contributed by atoms with Crippen LogP contribution >= 0.6 is 11.3 Å². The van der Waals surface area contributed by atoms with Crippen LogP contribution in [0.25, 0.3) is 0 Å². The maximum Gasteiger partial charge on any atom is 0.255 e. The van der Waals surface area contributed by atoms with E-state index in [1.807, 2.05) is 17.5 Å². The standard InChI is InChI=1S/C22H22N2O5S2/c1-15(21-7-3-12-30-21)24-31(26,27)18-6-2-5-16(13-18)22(25)23-17-8-9-19-20(14-17)29-11-4-10-28-19/h2-3,5-9,12-15,24H,4,10-11H2,1H3,(H,23,25)/t15-/m0/s1. The molecule has 0 fully saturated rings. The van der Waals surface area contributed by atoms with Crippen LogP contribution in [0.5, 0.6) is 11.5 Å². The Kier molecular flexibility index (Phi) is 6.26. The quantitative estimate of drug-likeness (QED) is 0.577. The average Bonchev–Trinajstić information content (AvgIpc) is 3.20. The predicted octanol–water partition coefficient (Wildman–Crippen LogP) is 4.20. The highest BCUT2D eigenvalue weighted by molar-refractivity contribution is 7.89. The van der Waals surface area contributed by atoms with Crippen molar-refractivity contribution in [3.8, 4) is 11.5 Å². The Morgan fingerprint density at radius 2 is 1.84 bits per heavy atom. The summed E-state index contributed by atoms with van der Waals surface area (Å²) in [5.41, 5.74) is 0.769. The summed E-state index contributed by atoms with van der Waals surface area (Å²) < 4.78 is 39.5. The third kappa shape index (κ3) is 5.07. The van der Waals surface area contributed by atoms with Crippen LogP contribution in [0, 0.1) is 0 Å². The van der Waals surface area contributed by atoms with Crippen molar-refractivity contribution in [2.24, 2.45) is 0 Å². The van der Waals surface area contributed by atoms with Gasteiger partial charge in [-0.2, -0.15) is 0 Å². The van der Waals surface area contributed by atoms with Crippen LogP contribution in [-0.2, 0) is 10.0 Å². The Labute approximate surface area is 185 Å². The number of hydrogen-bond donors (Lipinski definition) is 2. The van der Waals surface area contributed by atoms with Gasteiger partial charge in [-0.15, -0.1) is 11.3 Å². The van der Waals surface area contributed by atoms with Gasteiger partial charge in [0.2, 0.25) is 10.0 Å². The largest absolute Gasteiger partial charge is 0.490 e. The van der Waals surface area contributed by atoms with Crippen LogP contribution in [0.15, 0.2) is 64.9 Å². The summed E-state index contributed by atoms with van der Waals surface area (Å²) >= 11 is 1.48. The highest BCUT2D eigenvalue weighted by atomic mass is 32.2. The molecule has 2 aromatic carbocycles. The Bertz CT molecular complexity index is 1180. The molecule has 1 aliphatic heterocycles. The van der Waals surface area contributed by atoms with Gasteiger partial charge in [-0.25, -0.2) is 13.1 Å². The maximum atomic E-state index is 12.8. The molecule has 162 valence electrons. The molecule has 1 amide bonds. The van der Waals surface area contributed by atoms with Crippen LogP contribution in [-0.4, -0.2) is 27.5 Å². The fourth-order valence-electron chi connectivity index (χ4n) is 3.15. The summed E-state index contributed by atoms with van der Waals surface area (Å²) in [7, 11) is -3.79. The molecule has 2 N–H and O–H groups in total. The first-order valence-electron chi connectivity index (χ1n) is 9.79. The lowest BCUT2D eigenvalue weighted by molar-refractivity contribution is 0.102. The summed E-state index contributed by atoms with van der Waals surface area (Å²) in [6.45, 7) is 2.91. The number of rotatable bonds is 6. The first kappa shape index (κ1) is 21.4. The van der Waals surface area contributed by atoms with Crippen molar-refractivity contribution in [1.82, 2.24) is 4.72 Å². The van der Waals surface area contributed by atoms with Crippen LogP contribution in [0.4, 0.5) is 5.69 Å². The monoisotopic (exact) mass is 458 g/mol. The minimum absolute atomic E-state index is 0.0298. The smallest absolute Gasteiger partial charge is 0.255 e. The molecule has 31 heavy (non-hydrogen) atoms. The zero-order valence-electron chi connectivity index (χ0n) is 16.8. The summed E-state index contributed by atoms with van der Waals surface area (Å²) in [5, 5.41) is 4.68. The van der Waals surface area contributed by atoms with Crippen molar-refractivity contribution in [3.63, 3.8) is 0 Å². The molecule has 7 nitrogen and oxygen atoms in total. The third-order valence-corrected chi connectivity index (χ3v) is 7.31. The summed E-state index contributed by atoms with van der Waals surface area (Å²) in [4.78, 5) is 13.7. The highest BCUT2D eigenvalue weighted by Crippen LogP contribution is 2.32. The first-order valence-corrected chi connectivity index (χ1v) is 12.2. The zero-order chi connectivity index (χ0) is 21.8. The minimum atomic E-state index is -3.79. The molecule has 2 heterocycles. The van der Waals surface area contributed by atoms with E-state index in [1.54, 1.807) is 37.3 Å². The molecule has 0 saturated carbocycles. The number of thiophene rings is 1. The summed E-state index contributed by atoms with van der Waals surface area (Å²) in [6, 6.07) is 14.5. The molecule has 9 heteroatoms. The molecule has 0 saturated heterocycles. The normalized spacial score (nSPS) is 14.5. The van der Waals surface area contributed by atoms with E-state index in [0.29, 0.717) is 30.4 Å². The Balaban J connectivity index is 1.50. The number of anilines is 1. The molecular weight excluding hydrogens is 436 g/mol. The van der Waals surface area contributed by atoms with Crippen molar-refractivity contribution in [3.05, 3.63) is 70.4 Å². The molecule has 0 unspecified atom stereocenters. The van der Waals surface area contributed by atoms with E-state index in [4.69, 9.17) is 9.47 Å². The van der Waals surface area contributed by atoms with Crippen molar-refractivity contribution in [1.29, 1.82) is 0 Å². The molecule has 0 radical (unpaired) electrons. The van der Waals surface area contributed by atoms with E-state index in [9.17, 15) is 13.2 Å². The van der Waals surface area contributed by atoms with Gasteiger partial charge in [0.1, 0.15) is 0 Å². The fraction of sp³-hybridized carbons (Fsp3) is 0.227. The molecule has 3 aromatic rings. The third-order valence-electron chi connectivity index (χ3n) is 4.71. The van der Waals surface area contributed by atoms with E-state index in [1.165, 1.54) is 23.5 Å². The van der Waals surface area contributed by atoms with Crippen LogP contribution in [0.2, 0.25) is 0 Å². The highest BCUT2D eigenvalue weighted by Gasteiger charge is 2.20. The number of benzene rings is 2. The number of nitrogens with one attached hydrogen (secondary N) is 2. The van der Waals surface area contributed by atoms with Gasteiger partial charge in [-0.1, -0.05) is 12.1 Å². The molecule has 0 spiro atoms. The molecule has 1 atom stereocenters. The molecule has 0 bridgehead atoms. The fourth-order valence-corrected chi connectivity index (χ4v) is 5.22. The Morgan fingerprint density at radius 1 is 1.03 bits per heavy atom. The predicted molar refractivity (Wildman–Crippen MR) is 119 cm³/mol. The van der Waals surface area contributed by atoms with Gasteiger partial charge in [0.25, 0.3) is 5.91 Å². The second-order valence-electron chi connectivity index (χ2n) is 7.05. The van der Waals surface area contributed by atoms with Gasteiger partial charge >= 0.3 is 0 Å². The second kappa shape index (κ2) is 9.09. The number of sulfonamides is 1. The number of carbonyl (C=O) groups excluding carboxylic acids is 1. The van der Waals surface area contributed by atoms with Gasteiger partial charge in [0, 0.05) is 28.6 Å². The lowest BCUT2D eigenvalue weighted by Crippen LogP contribution is -2.26. The van der Waals surface area contributed by atoms with Crippen LogP contribution < -0.4 is 19.5 Å². The molecule has 1 aromatic heterocycles. The first-order chi connectivity index (χ1) is 14.9. The van der Waals surface area contributed by atoms with Crippen molar-refractivity contribution in [2.45, 2.75) is 24.3 Å². The van der Waals surface area contributed by atoms with Gasteiger partial charge in [0.15, 0.2) is 11.5 Å². The van der Waals surface area contributed by atoms with E-state index >= 15 is 0 Å². The Hall–Kier alpha value is -2.88. The topological polar surface area (TPSA) is 93.7 Å². The number of hydrogen-bond acceptors (Lipinski definition) is 6. The number of amides is 1. The Morgan fingerprint density at radius 3 is 2.61 bits per heavy atom. The zero-order valence-corrected chi connectivity index (χ0v) is 18.5. The van der Waals surface area contributed by atoms with Gasteiger partial charge < -0.3 is 14.8 Å². The van der Waals surface area contributed by atoms with E-state index in [-0.39, 0.29) is 16.5 Å². The van der Waals surface area contributed by atoms with Crippen molar-refractivity contribution >= 4 is 33.0 Å². The maximum absolute atomic E-state index is 12.8. The molecule has 1 aliphatic rings. The van der Waals surface area contributed by atoms with Crippen molar-refractivity contribution in [2.75, 3.05) is 18.5 Å². The van der Waals surface area contributed by atoms with Gasteiger partial charge in [-0.05, 0) is 48.7 Å². The van der Waals surface area contributed by atoms with Crippen molar-refractivity contribution < 1.29 is 22.7 Å².